The Kier molecular flexibility index (Phi) is 4.17. The molecule has 0 saturated carbocycles. The number of likely N-dealkylation sites (tertiary alicyclic amines) is 1. The molecule has 4 rings (SSSR count). The van der Waals surface area contributed by atoms with Gasteiger partial charge < -0.3 is 10.2 Å². The van der Waals surface area contributed by atoms with Crippen LogP contribution in [-0.4, -0.2) is 57.4 Å². The van der Waals surface area contributed by atoms with Crippen molar-refractivity contribution in [2.75, 3.05) is 26.2 Å². The summed E-state index contributed by atoms with van der Waals surface area (Å²) in [5.41, 5.74) is 2.46. The van der Waals surface area contributed by atoms with Crippen molar-refractivity contribution in [2.45, 2.75) is 32.4 Å². The second-order valence-corrected chi connectivity index (χ2v) is 6.93. The highest BCUT2D eigenvalue weighted by atomic mass is 16.2. The molecule has 2 aliphatic heterocycles. The third kappa shape index (κ3) is 3.11. The Morgan fingerprint density at radius 2 is 2.20 bits per heavy atom. The van der Waals surface area contributed by atoms with E-state index in [1.54, 1.807) is 16.7 Å². The minimum Gasteiger partial charge on any atom is -0.336 e. The fraction of sp³-hybridized carbons (Fsp3) is 0.500. The van der Waals surface area contributed by atoms with Gasteiger partial charge in [0, 0.05) is 44.5 Å². The molecule has 7 heteroatoms. The maximum Gasteiger partial charge on any atom is 0.317 e. The van der Waals surface area contributed by atoms with Gasteiger partial charge in [-0.3, -0.25) is 14.1 Å². The van der Waals surface area contributed by atoms with E-state index in [-0.39, 0.29) is 17.6 Å². The molecular weight excluding hydrogens is 318 g/mol. The molecule has 1 N–H and O–H groups in total. The lowest BCUT2D eigenvalue weighted by molar-refractivity contribution is 0.121. The molecule has 2 aliphatic rings. The van der Waals surface area contributed by atoms with Gasteiger partial charge in [0.15, 0.2) is 0 Å². The molecule has 4 heterocycles. The van der Waals surface area contributed by atoms with E-state index in [1.165, 1.54) is 0 Å². The zero-order valence-electron chi connectivity index (χ0n) is 14.4. The summed E-state index contributed by atoms with van der Waals surface area (Å²) in [6, 6.07) is 5.75. The molecular formula is C18H23N5O2. The highest BCUT2D eigenvalue weighted by Gasteiger charge is 2.31. The highest BCUT2D eigenvalue weighted by molar-refractivity contribution is 5.76. The van der Waals surface area contributed by atoms with Crippen molar-refractivity contribution in [3.63, 3.8) is 0 Å². The molecule has 132 valence electrons. The normalized spacial score (nSPS) is 21.7. The van der Waals surface area contributed by atoms with E-state index in [1.807, 2.05) is 24.0 Å². The Labute approximate surface area is 146 Å². The Morgan fingerprint density at radius 3 is 3.00 bits per heavy atom. The van der Waals surface area contributed by atoms with Gasteiger partial charge in [-0.15, -0.1) is 0 Å². The molecule has 1 atom stereocenters. The van der Waals surface area contributed by atoms with Gasteiger partial charge in [-0.05, 0) is 37.9 Å². The third-order valence-electron chi connectivity index (χ3n) is 5.14. The monoisotopic (exact) mass is 341 g/mol. The van der Waals surface area contributed by atoms with Crippen molar-refractivity contribution in [3.05, 3.63) is 46.0 Å². The minimum absolute atomic E-state index is 0.0452. The van der Waals surface area contributed by atoms with Gasteiger partial charge in [0.05, 0.1) is 5.69 Å². The van der Waals surface area contributed by atoms with Crippen LogP contribution in [0.1, 0.15) is 24.1 Å². The number of rotatable bonds is 3. The lowest BCUT2D eigenvalue weighted by atomic mass is 10.0. The van der Waals surface area contributed by atoms with Crippen molar-refractivity contribution in [2.24, 2.45) is 0 Å². The van der Waals surface area contributed by atoms with Crippen molar-refractivity contribution in [3.8, 4) is 0 Å². The van der Waals surface area contributed by atoms with Gasteiger partial charge in [-0.25, -0.2) is 9.78 Å². The molecule has 2 fully saturated rings. The van der Waals surface area contributed by atoms with Gasteiger partial charge >= 0.3 is 6.03 Å². The Balaban J connectivity index is 1.53. The predicted molar refractivity (Wildman–Crippen MR) is 94.6 cm³/mol. The molecule has 2 amide bonds. The first-order chi connectivity index (χ1) is 12.1. The molecule has 25 heavy (non-hydrogen) atoms. The van der Waals surface area contributed by atoms with E-state index < -0.39 is 0 Å². The van der Waals surface area contributed by atoms with Crippen molar-refractivity contribution < 1.29 is 4.79 Å². The van der Waals surface area contributed by atoms with Crippen LogP contribution in [0.3, 0.4) is 0 Å². The summed E-state index contributed by atoms with van der Waals surface area (Å²) in [6.07, 6.45) is 3.85. The molecule has 2 saturated heterocycles. The second-order valence-electron chi connectivity index (χ2n) is 6.93. The number of nitrogens with zero attached hydrogens (tertiary/aromatic N) is 4. The topological polar surface area (TPSA) is 70.0 Å². The Bertz CT molecular complexity index is 862. The predicted octanol–water partition coefficient (Wildman–Crippen LogP) is 0.993. The number of piperidine rings is 1. The first-order valence-electron chi connectivity index (χ1n) is 8.86. The number of aryl methyl sites for hydroxylation is 1. The van der Waals surface area contributed by atoms with Gasteiger partial charge in [0.25, 0.3) is 5.56 Å². The molecule has 0 bridgehead atoms. The van der Waals surface area contributed by atoms with Gasteiger partial charge in [0.1, 0.15) is 5.65 Å². The van der Waals surface area contributed by atoms with E-state index in [0.717, 1.165) is 55.9 Å². The van der Waals surface area contributed by atoms with Crippen molar-refractivity contribution in [1.82, 2.24) is 24.5 Å². The van der Waals surface area contributed by atoms with Crippen LogP contribution in [0.5, 0.6) is 0 Å². The molecule has 0 spiro atoms. The van der Waals surface area contributed by atoms with E-state index in [2.05, 4.69) is 10.2 Å². The Hall–Kier alpha value is -2.41. The lowest BCUT2D eigenvalue weighted by Crippen LogP contribution is -2.48. The van der Waals surface area contributed by atoms with Crippen LogP contribution < -0.4 is 10.9 Å². The highest BCUT2D eigenvalue weighted by Crippen LogP contribution is 2.19. The number of carbonyl (C=O) groups excluding carboxylic acids is 1. The maximum absolute atomic E-state index is 12.4. The standard InChI is InChI=1S/C18H23N5O2/c1-13-4-2-8-23-16(24)10-14(20-17(13)23)11-21-7-3-5-15(12-21)22-9-6-19-18(22)25/h2,4,8,10,15H,3,5-7,9,11-12H2,1H3,(H,19,25)/t15-/m1/s1. The van der Waals surface area contributed by atoms with Crippen LogP contribution in [0, 0.1) is 6.92 Å². The summed E-state index contributed by atoms with van der Waals surface area (Å²) in [6.45, 7) is 5.94. The van der Waals surface area contributed by atoms with Crippen LogP contribution >= 0.6 is 0 Å². The summed E-state index contributed by atoms with van der Waals surface area (Å²) in [4.78, 5) is 33.2. The quantitative estimate of drug-likeness (QED) is 0.904. The molecule has 2 aromatic heterocycles. The number of carbonyl (C=O) groups is 1. The zero-order valence-corrected chi connectivity index (χ0v) is 14.4. The molecule has 2 aromatic rings. The van der Waals surface area contributed by atoms with E-state index in [4.69, 9.17) is 4.98 Å². The van der Waals surface area contributed by atoms with Crippen LogP contribution in [0.4, 0.5) is 4.79 Å². The fourth-order valence-electron chi connectivity index (χ4n) is 3.88. The number of fused-ring (bicyclic) bond motifs is 1. The average molecular weight is 341 g/mol. The SMILES string of the molecule is Cc1cccn2c(=O)cc(CN3CCC[C@@H](N4CCNC4=O)C3)nc12. The molecule has 0 aromatic carbocycles. The maximum atomic E-state index is 12.4. The van der Waals surface area contributed by atoms with E-state index >= 15 is 0 Å². The van der Waals surface area contributed by atoms with Gasteiger partial charge in [-0.1, -0.05) is 6.07 Å². The Morgan fingerprint density at radius 1 is 1.32 bits per heavy atom. The summed E-state index contributed by atoms with van der Waals surface area (Å²) >= 11 is 0. The zero-order chi connectivity index (χ0) is 17.4. The number of amides is 2. The van der Waals surface area contributed by atoms with E-state index in [9.17, 15) is 9.59 Å². The van der Waals surface area contributed by atoms with Crippen molar-refractivity contribution in [1.29, 1.82) is 0 Å². The minimum atomic E-state index is -0.0452. The first kappa shape index (κ1) is 16.1. The van der Waals surface area contributed by atoms with Crippen LogP contribution in [0.25, 0.3) is 5.65 Å². The van der Waals surface area contributed by atoms with Crippen LogP contribution in [-0.2, 0) is 6.54 Å². The summed E-state index contributed by atoms with van der Waals surface area (Å²) < 4.78 is 1.59. The van der Waals surface area contributed by atoms with Gasteiger partial charge in [-0.2, -0.15) is 0 Å². The fourth-order valence-corrected chi connectivity index (χ4v) is 3.88. The van der Waals surface area contributed by atoms with Crippen LogP contribution in [0.2, 0.25) is 0 Å². The molecule has 0 unspecified atom stereocenters. The summed E-state index contributed by atoms with van der Waals surface area (Å²) in [5, 5.41) is 2.88. The number of hydrogen-bond acceptors (Lipinski definition) is 4. The molecule has 0 radical (unpaired) electrons. The number of nitrogens with one attached hydrogen (secondary N) is 1. The second kappa shape index (κ2) is 6.48. The van der Waals surface area contributed by atoms with E-state index in [0.29, 0.717) is 6.54 Å². The lowest BCUT2D eigenvalue weighted by Gasteiger charge is -2.36. The number of urea groups is 1. The largest absolute Gasteiger partial charge is 0.336 e. The molecule has 0 aliphatic carbocycles. The number of pyridine rings is 1. The van der Waals surface area contributed by atoms with Crippen LogP contribution in [0.15, 0.2) is 29.2 Å². The first-order valence-corrected chi connectivity index (χ1v) is 8.86. The smallest absolute Gasteiger partial charge is 0.317 e. The molecule has 7 nitrogen and oxygen atoms in total. The summed E-state index contributed by atoms with van der Waals surface area (Å²) in [5.74, 6) is 0. The number of aromatic nitrogens is 2. The number of hydrogen-bond donors (Lipinski definition) is 1. The third-order valence-corrected chi connectivity index (χ3v) is 5.14. The average Bonchev–Trinajstić information content (AvgIpc) is 3.02. The van der Waals surface area contributed by atoms with Crippen molar-refractivity contribution >= 4 is 11.7 Å². The van der Waals surface area contributed by atoms with Gasteiger partial charge in [0.2, 0.25) is 0 Å². The summed E-state index contributed by atoms with van der Waals surface area (Å²) in [7, 11) is 0.